The van der Waals surface area contributed by atoms with Gasteiger partial charge >= 0.3 is 5.97 Å². The van der Waals surface area contributed by atoms with Crippen molar-refractivity contribution in [2.75, 3.05) is 0 Å². The lowest BCUT2D eigenvalue weighted by molar-refractivity contribution is 0.0193. The van der Waals surface area contributed by atoms with Gasteiger partial charge in [-0.05, 0) is 41.3 Å². The molecule has 0 radical (unpaired) electrons. The molecule has 2 heterocycles. The Morgan fingerprint density at radius 1 is 0.615 bits per heavy atom. The molecule has 0 saturated carbocycles. The highest BCUT2D eigenvalue weighted by Crippen LogP contribution is 2.47. The topological polar surface area (TPSA) is 284 Å². The normalized spacial score (nSPS) is 19.2. The first kappa shape index (κ1) is 33.7. The van der Waals surface area contributed by atoms with Crippen LogP contribution in [0.3, 0.4) is 0 Å². The van der Waals surface area contributed by atoms with Gasteiger partial charge in [0.25, 0.3) is 0 Å². The van der Waals surface area contributed by atoms with Crippen LogP contribution in [0.15, 0.2) is 59.4 Å². The monoisotopic (exact) mass is 716 g/mol. The Hall–Kier alpha value is -6.78. The molecule has 0 unspecified atom stereocenters. The molecule has 0 spiro atoms. The van der Waals surface area contributed by atoms with Gasteiger partial charge in [-0.15, -0.1) is 0 Å². The third-order valence-electron chi connectivity index (χ3n) is 8.93. The third kappa shape index (κ3) is 5.61. The smallest absolute Gasteiger partial charge is 0.343 e. The summed E-state index contributed by atoms with van der Waals surface area (Å²) in [7, 11) is 0. The highest BCUT2D eigenvalue weighted by molar-refractivity contribution is 5.96. The number of carbonyl (C=O) groups excluding carboxylic acids is 1. The van der Waals surface area contributed by atoms with Crippen LogP contribution in [0.25, 0.3) is 10.8 Å². The van der Waals surface area contributed by atoms with E-state index in [1.165, 1.54) is 18.2 Å². The summed E-state index contributed by atoms with van der Waals surface area (Å²) >= 11 is 0. The zero-order valence-electron chi connectivity index (χ0n) is 26.4. The molecular formula is C36H28O16. The molecule has 0 aliphatic carbocycles. The Kier molecular flexibility index (Phi) is 7.92. The fraction of sp³-hybridized carbons (Fsp3) is 0.167. The predicted octanol–water partition coefficient (Wildman–Crippen LogP) is 2.84. The van der Waals surface area contributed by atoms with E-state index in [2.05, 4.69) is 0 Å². The molecule has 11 N–H and O–H groups in total. The Bertz CT molecular complexity index is 2370. The van der Waals surface area contributed by atoms with E-state index >= 15 is 0 Å². The minimum Gasteiger partial charge on any atom is -0.508 e. The van der Waals surface area contributed by atoms with Crippen molar-refractivity contribution >= 4 is 16.7 Å². The quantitative estimate of drug-likeness (QED) is 0.0942. The fourth-order valence-electron chi connectivity index (χ4n) is 6.46. The van der Waals surface area contributed by atoms with E-state index in [0.717, 1.165) is 36.4 Å². The summed E-state index contributed by atoms with van der Waals surface area (Å²) in [5, 5.41) is 114. The largest absolute Gasteiger partial charge is 0.508 e. The second-order valence-electron chi connectivity index (χ2n) is 12.4. The van der Waals surface area contributed by atoms with Crippen LogP contribution >= 0.6 is 0 Å². The molecule has 268 valence electrons. The number of phenols is 9. The van der Waals surface area contributed by atoms with Crippen LogP contribution in [0.2, 0.25) is 0 Å². The molecule has 0 fully saturated rings. The van der Waals surface area contributed by atoms with Crippen molar-refractivity contribution < 1.29 is 75.2 Å². The third-order valence-corrected chi connectivity index (χ3v) is 8.93. The summed E-state index contributed by atoms with van der Waals surface area (Å²) < 4.78 is 17.4. The Morgan fingerprint density at radius 3 is 1.71 bits per heavy atom. The number of ether oxygens (including phenoxy) is 3. The second kappa shape index (κ2) is 12.2. The molecule has 5 aromatic carbocycles. The van der Waals surface area contributed by atoms with E-state index in [0.29, 0.717) is 0 Å². The van der Waals surface area contributed by atoms with Crippen molar-refractivity contribution in [1.82, 2.24) is 0 Å². The first-order chi connectivity index (χ1) is 24.6. The van der Waals surface area contributed by atoms with Crippen LogP contribution in [0.4, 0.5) is 0 Å². The van der Waals surface area contributed by atoms with E-state index < -0.39 is 81.3 Å². The van der Waals surface area contributed by atoms with Gasteiger partial charge < -0.3 is 70.4 Å². The Balaban J connectivity index is 1.46. The van der Waals surface area contributed by atoms with Crippen molar-refractivity contribution in [1.29, 1.82) is 0 Å². The maximum atomic E-state index is 14.2. The number of aromatic hydroxyl groups is 9. The maximum absolute atomic E-state index is 14.2. The van der Waals surface area contributed by atoms with Crippen molar-refractivity contribution in [2.24, 2.45) is 0 Å². The van der Waals surface area contributed by atoms with Crippen molar-refractivity contribution in [3.8, 4) is 69.0 Å². The number of aliphatic hydroxyl groups excluding tert-OH is 2. The van der Waals surface area contributed by atoms with Gasteiger partial charge in [0.2, 0.25) is 5.43 Å². The number of hydrogen-bond donors (Lipinski definition) is 11. The van der Waals surface area contributed by atoms with Crippen LogP contribution in [0.1, 0.15) is 44.8 Å². The number of carbonyl (C=O) groups is 1. The van der Waals surface area contributed by atoms with Gasteiger partial charge in [-0.2, -0.15) is 0 Å². The minimum absolute atomic E-state index is 0.0475. The average Bonchev–Trinajstić information content (AvgIpc) is 3.21. The van der Waals surface area contributed by atoms with Crippen LogP contribution in [0, 0.1) is 0 Å². The number of phenolic OH excluding ortho intramolecular Hbond substituents is 9. The number of rotatable bonds is 4. The molecule has 16 nitrogen and oxygen atoms in total. The number of esters is 1. The molecule has 2 aliphatic rings. The van der Waals surface area contributed by atoms with Crippen LogP contribution in [-0.2, 0) is 12.8 Å². The molecule has 5 aromatic rings. The van der Waals surface area contributed by atoms with Gasteiger partial charge in [0, 0.05) is 53.8 Å². The molecule has 2 aliphatic heterocycles. The Morgan fingerprint density at radius 2 is 1.13 bits per heavy atom. The molecule has 7 rings (SSSR count). The van der Waals surface area contributed by atoms with Crippen molar-refractivity contribution in [3.05, 3.63) is 92.6 Å². The van der Waals surface area contributed by atoms with E-state index in [1.54, 1.807) is 0 Å². The molecule has 52 heavy (non-hydrogen) atoms. The van der Waals surface area contributed by atoms with Crippen molar-refractivity contribution in [2.45, 2.75) is 37.3 Å². The molecule has 16 heteroatoms. The summed E-state index contributed by atoms with van der Waals surface area (Å²) in [5.41, 5.74) is -1.70. The molecule has 0 amide bonds. The van der Waals surface area contributed by atoms with Gasteiger partial charge in [-0.1, -0.05) is 0 Å². The van der Waals surface area contributed by atoms with E-state index in [-0.39, 0.29) is 75.0 Å². The van der Waals surface area contributed by atoms with Crippen LogP contribution in [-0.4, -0.2) is 74.3 Å². The fourth-order valence-corrected chi connectivity index (χ4v) is 6.46. The first-order valence-corrected chi connectivity index (χ1v) is 15.4. The lowest BCUT2D eigenvalue weighted by Crippen LogP contribution is -2.31. The molecule has 0 saturated heterocycles. The summed E-state index contributed by atoms with van der Waals surface area (Å²) in [6, 6.07) is 9.12. The second-order valence-corrected chi connectivity index (χ2v) is 12.4. The summed E-state index contributed by atoms with van der Waals surface area (Å²) in [5.74, 6) is -8.37. The first-order valence-electron chi connectivity index (χ1n) is 15.4. The Labute approximate surface area is 290 Å². The number of benzene rings is 4. The van der Waals surface area contributed by atoms with Crippen molar-refractivity contribution in [3.63, 3.8) is 0 Å². The molecular weight excluding hydrogens is 688 g/mol. The molecule has 0 aromatic heterocycles. The lowest BCUT2D eigenvalue weighted by Gasteiger charge is -2.32. The van der Waals surface area contributed by atoms with Crippen LogP contribution < -0.4 is 19.6 Å². The zero-order valence-corrected chi connectivity index (χ0v) is 26.4. The highest BCUT2D eigenvalue weighted by Gasteiger charge is 2.37. The average molecular weight is 717 g/mol. The number of hydrogen-bond acceptors (Lipinski definition) is 16. The van der Waals surface area contributed by atoms with Gasteiger partial charge in [0.15, 0.2) is 40.6 Å². The zero-order chi connectivity index (χ0) is 37.3. The SMILES string of the molecule is O=C(Oc1cc([C@H]2Oc3cc(O)cc(O)c3C[C@H]2O)cc2c([C@H]3Oc4cc(O)cc(O)c4C[C@H]3O)cc(O)c(O)c2c1=O)c1cc(O)c(O)c(O)c1. The molecule has 0 bridgehead atoms. The highest BCUT2D eigenvalue weighted by atomic mass is 16.5. The minimum atomic E-state index is -1.46. The van der Waals surface area contributed by atoms with Gasteiger partial charge in [0.1, 0.15) is 40.6 Å². The summed E-state index contributed by atoms with van der Waals surface area (Å²) in [4.78, 5) is 27.5. The van der Waals surface area contributed by atoms with Gasteiger partial charge in [0.05, 0.1) is 23.2 Å². The van der Waals surface area contributed by atoms with E-state index in [1.807, 2.05) is 0 Å². The summed E-state index contributed by atoms with van der Waals surface area (Å²) in [6.07, 6.45) is -6.25. The van der Waals surface area contributed by atoms with Gasteiger partial charge in [-0.25, -0.2) is 4.79 Å². The van der Waals surface area contributed by atoms with E-state index in [9.17, 15) is 65.8 Å². The standard InChI is InChI=1S/C36H28O16/c37-14-5-20(39)18-10-25(44)34(50-27(18)7-14)12-1-16-17(35-26(45)11-19-21(40)6-15(38)8-28(19)51-35)9-24(43)32(47)30(16)33(48)29(4-12)52-36(49)13-2-22(41)31(46)23(42)3-13/h1-9,25-26,34-35,37-47H,10-11H2/t25-,26-,34-,35-/m1/s1. The van der Waals surface area contributed by atoms with Crippen LogP contribution in [0.5, 0.6) is 69.0 Å². The van der Waals surface area contributed by atoms with Gasteiger partial charge in [-0.3, -0.25) is 4.79 Å². The number of fused-ring (bicyclic) bond motifs is 3. The lowest BCUT2D eigenvalue weighted by atomic mass is 9.90. The maximum Gasteiger partial charge on any atom is 0.343 e. The predicted molar refractivity (Wildman–Crippen MR) is 176 cm³/mol. The number of aliphatic hydroxyl groups is 2. The summed E-state index contributed by atoms with van der Waals surface area (Å²) in [6.45, 7) is 0. The molecule has 4 atom stereocenters. The van der Waals surface area contributed by atoms with E-state index in [4.69, 9.17) is 14.2 Å².